The van der Waals surface area contributed by atoms with Crippen LogP contribution in [0.25, 0.3) is 10.9 Å². The molecule has 4 N–H and O–H groups in total. The van der Waals surface area contributed by atoms with Crippen LogP contribution < -0.4 is 10.6 Å². The second-order valence-corrected chi connectivity index (χ2v) is 4.03. The largest absolute Gasteiger partial charge is 0.397 e. The molecule has 0 unspecified atom stereocenters. The minimum Gasteiger partial charge on any atom is -0.397 e. The number of aliphatic hydroxyl groups excluding tert-OH is 1. The maximum absolute atomic E-state index is 8.89. The maximum atomic E-state index is 8.89. The molecular formula is C12H18N4O. The third-order valence-corrected chi connectivity index (χ3v) is 2.90. The molecule has 0 amide bonds. The highest BCUT2D eigenvalue weighted by Gasteiger charge is 2.09. The van der Waals surface area contributed by atoms with Gasteiger partial charge < -0.3 is 15.7 Å². The molecule has 5 nitrogen and oxygen atoms in total. The van der Waals surface area contributed by atoms with Crippen LogP contribution in [0.3, 0.4) is 0 Å². The van der Waals surface area contributed by atoms with Gasteiger partial charge in [0.2, 0.25) is 0 Å². The molecule has 17 heavy (non-hydrogen) atoms. The van der Waals surface area contributed by atoms with E-state index in [0.717, 1.165) is 41.8 Å². The maximum Gasteiger partial charge on any atom is 0.0672 e. The number of aliphatic hydroxyl groups is 1. The number of H-pyrrole nitrogens is 1. The Bertz CT molecular complexity index is 494. The predicted molar refractivity (Wildman–Crippen MR) is 70.1 cm³/mol. The summed E-state index contributed by atoms with van der Waals surface area (Å²) in [6, 6.07) is 3.94. The van der Waals surface area contributed by atoms with Crippen LogP contribution >= 0.6 is 0 Å². The number of aromatic nitrogens is 2. The van der Waals surface area contributed by atoms with E-state index in [1.54, 1.807) is 6.20 Å². The van der Waals surface area contributed by atoms with E-state index in [1.807, 2.05) is 12.1 Å². The summed E-state index contributed by atoms with van der Waals surface area (Å²) in [5, 5.41) is 16.8. The lowest BCUT2D eigenvalue weighted by Crippen LogP contribution is -2.25. The van der Waals surface area contributed by atoms with Crippen molar-refractivity contribution in [2.75, 3.05) is 30.3 Å². The summed E-state index contributed by atoms with van der Waals surface area (Å²) in [7, 11) is 0. The third kappa shape index (κ3) is 2.34. The zero-order chi connectivity index (χ0) is 12.3. The van der Waals surface area contributed by atoms with Gasteiger partial charge in [0, 0.05) is 25.1 Å². The number of hydrogen-bond donors (Lipinski definition) is 3. The highest BCUT2D eigenvalue weighted by atomic mass is 16.3. The fourth-order valence-corrected chi connectivity index (χ4v) is 1.98. The molecule has 92 valence electrons. The molecule has 0 aliphatic carbocycles. The standard InChI is InChI=1S/C12H18N4O/c1-2-16(4-3-5-17)12-7-11-9(6-10(12)13)8-14-15-11/h6-8,17H,2-5,13H2,1H3,(H,14,15). The second-order valence-electron chi connectivity index (χ2n) is 4.03. The third-order valence-electron chi connectivity index (χ3n) is 2.90. The van der Waals surface area contributed by atoms with Gasteiger partial charge in [0.05, 0.1) is 23.1 Å². The fourth-order valence-electron chi connectivity index (χ4n) is 1.98. The summed E-state index contributed by atoms with van der Waals surface area (Å²) < 4.78 is 0. The molecule has 0 aliphatic heterocycles. The van der Waals surface area contributed by atoms with Gasteiger partial charge in [-0.2, -0.15) is 5.10 Å². The summed E-state index contributed by atoms with van der Waals surface area (Å²) >= 11 is 0. The Kier molecular flexibility index (Phi) is 3.49. The van der Waals surface area contributed by atoms with E-state index in [4.69, 9.17) is 10.8 Å². The summed E-state index contributed by atoms with van der Waals surface area (Å²) in [4.78, 5) is 2.16. The van der Waals surface area contributed by atoms with Crippen molar-refractivity contribution in [3.05, 3.63) is 18.3 Å². The topological polar surface area (TPSA) is 78.2 Å². The van der Waals surface area contributed by atoms with E-state index in [9.17, 15) is 0 Å². The van der Waals surface area contributed by atoms with Crippen LogP contribution in [0.1, 0.15) is 13.3 Å². The minimum absolute atomic E-state index is 0.197. The van der Waals surface area contributed by atoms with Gasteiger partial charge in [0.15, 0.2) is 0 Å². The molecule has 5 heteroatoms. The van der Waals surface area contributed by atoms with Crippen molar-refractivity contribution in [2.45, 2.75) is 13.3 Å². The lowest BCUT2D eigenvalue weighted by molar-refractivity contribution is 0.289. The molecule has 2 aromatic rings. The zero-order valence-corrected chi connectivity index (χ0v) is 9.98. The number of nitrogens with one attached hydrogen (secondary N) is 1. The Labute approximate surface area is 100 Å². The van der Waals surface area contributed by atoms with Crippen LogP contribution in [-0.4, -0.2) is 35.0 Å². The van der Waals surface area contributed by atoms with Crippen molar-refractivity contribution in [3.8, 4) is 0 Å². The lowest BCUT2D eigenvalue weighted by Gasteiger charge is -2.24. The number of aromatic amines is 1. The minimum atomic E-state index is 0.197. The van der Waals surface area contributed by atoms with Gasteiger partial charge in [-0.25, -0.2) is 0 Å². The molecule has 0 fully saturated rings. The molecule has 0 atom stereocenters. The van der Waals surface area contributed by atoms with Gasteiger partial charge in [-0.1, -0.05) is 0 Å². The second kappa shape index (κ2) is 5.05. The van der Waals surface area contributed by atoms with Gasteiger partial charge >= 0.3 is 0 Å². The number of hydrogen-bond acceptors (Lipinski definition) is 4. The number of anilines is 2. The Morgan fingerprint density at radius 2 is 2.29 bits per heavy atom. The Morgan fingerprint density at radius 1 is 1.47 bits per heavy atom. The molecule has 1 heterocycles. The number of rotatable bonds is 5. The predicted octanol–water partition coefficient (Wildman–Crippen LogP) is 1.35. The van der Waals surface area contributed by atoms with Gasteiger partial charge in [0.25, 0.3) is 0 Å². The van der Waals surface area contributed by atoms with Crippen molar-refractivity contribution < 1.29 is 5.11 Å². The molecule has 0 bridgehead atoms. The monoisotopic (exact) mass is 234 g/mol. The first-order chi connectivity index (χ1) is 8.26. The van der Waals surface area contributed by atoms with Crippen molar-refractivity contribution in [1.82, 2.24) is 10.2 Å². The van der Waals surface area contributed by atoms with Crippen LogP contribution in [0.4, 0.5) is 11.4 Å². The molecular weight excluding hydrogens is 216 g/mol. The van der Waals surface area contributed by atoms with E-state index in [1.165, 1.54) is 0 Å². The lowest BCUT2D eigenvalue weighted by atomic mass is 10.2. The fraction of sp³-hybridized carbons (Fsp3) is 0.417. The van der Waals surface area contributed by atoms with Crippen molar-refractivity contribution >= 4 is 22.3 Å². The molecule has 2 rings (SSSR count). The number of nitrogen functional groups attached to an aromatic ring is 1. The van der Waals surface area contributed by atoms with Gasteiger partial charge in [-0.3, -0.25) is 5.10 Å². The quantitative estimate of drug-likeness (QED) is 0.682. The van der Waals surface area contributed by atoms with Crippen LogP contribution in [-0.2, 0) is 0 Å². The molecule has 0 aliphatic rings. The summed E-state index contributed by atoms with van der Waals surface area (Å²) in [5.74, 6) is 0. The average molecular weight is 234 g/mol. The first-order valence-electron chi connectivity index (χ1n) is 5.84. The molecule has 0 saturated heterocycles. The number of fused-ring (bicyclic) bond motifs is 1. The Balaban J connectivity index is 2.34. The first-order valence-corrected chi connectivity index (χ1v) is 5.84. The van der Waals surface area contributed by atoms with E-state index < -0.39 is 0 Å². The highest BCUT2D eigenvalue weighted by molar-refractivity contribution is 5.88. The number of benzene rings is 1. The highest BCUT2D eigenvalue weighted by Crippen LogP contribution is 2.28. The number of nitrogens with two attached hydrogens (primary N) is 1. The van der Waals surface area contributed by atoms with Crippen LogP contribution in [0.15, 0.2) is 18.3 Å². The van der Waals surface area contributed by atoms with Gasteiger partial charge in [-0.15, -0.1) is 0 Å². The van der Waals surface area contributed by atoms with Crippen LogP contribution in [0.2, 0.25) is 0 Å². The van der Waals surface area contributed by atoms with Crippen molar-refractivity contribution in [3.63, 3.8) is 0 Å². The van der Waals surface area contributed by atoms with E-state index in [0.29, 0.717) is 0 Å². The Morgan fingerprint density at radius 3 is 3.00 bits per heavy atom. The first kappa shape index (κ1) is 11.7. The van der Waals surface area contributed by atoms with E-state index in [-0.39, 0.29) is 6.61 Å². The average Bonchev–Trinajstić information content (AvgIpc) is 2.77. The summed E-state index contributed by atoms with van der Waals surface area (Å²) in [6.45, 7) is 3.94. The molecule has 0 saturated carbocycles. The van der Waals surface area contributed by atoms with E-state index >= 15 is 0 Å². The van der Waals surface area contributed by atoms with Gasteiger partial charge in [-0.05, 0) is 25.5 Å². The molecule has 1 aromatic heterocycles. The molecule has 0 radical (unpaired) electrons. The zero-order valence-electron chi connectivity index (χ0n) is 9.98. The Hall–Kier alpha value is -1.75. The van der Waals surface area contributed by atoms with Crippen LogP contribution in [0.5, 0.6) is 0 Å². The summed E-state index contributed by atoms with van der Waals surface area (Å²) in [5.41, 5.74) is 8.78. The number of nitrogens with zero attached hydrogens (tertiary/aromatic N) is 2. The summed E-state index contributed by atoms with van der Waals surface area (Å²) in [6.07, 6.45) is 2.51. The van der Waals surface area contributed by atoms with Gasteiger partial charge in [0.1, 0.15) is 0 Å². The molecule has 1 aromatic carbocycles. The smallest absolute Gasteiger partial charge is 0.0672 e. The normalized spacial score (nSPS) is 10.9. The van der Waals surface area contributed by atoms with Crippen LogP contribution in [0, 0.1) is 0 Å². The van der Waals surface area contributed by atoms with Crippen molar-refractivity contribution in [2.24, 2.45) is 0 Å². The van der Waals surface area contributed by atoms with Crippen molar-refractivity contribution in [1.29, 1.82) is 0 Å². The van der Waals surface area contributed by atoms with E-state index in [2.05, 4.69) is 22.0 Å². The SMILES string of the molecule is CCN(CCCO)c1cc2[nH]ncc2cc1N. The molecule has 0 spiro atoms.